The zero-order valence-corrected chi connectivity index (χ0v) is 15.9. The van der Waals surface area contributed by atoms with E-state index in [1.165, 1.54) is 11.8 Å². The summed E-state index contributed by atoms with van der Waals surface area (Å²) in [4.78, 5) is 26.7. The van der Waals surface area contributed by atoms with Crippen molar-refractivity contribution in [2.45, 2.75) is 30.5 Å². The normalized spacial score (nSPS) is 13.3. The van der Waals surface area contributed by atoms with Gasteiger partial charge in [-0.2, -0.15) is 0 Å². The van der Waals surface area contributed by atoms with Crippen LogP contribution in [0.2, 0.25) is 0 Å². The number of aromatic amines is 1. The quantitative estimate of drug-likeness (QED) is 0.419. The molecule has 1 aliphatic carbocycles. The molecule has 2 amide bonds. The van der Waals surface area contributed by atoms with E-state index in [2.05, 4.69) is 42.7 Å². The highest BCUT2D eigenvalue weighted by molar-refractivity contribution is 7.99. The number of carbonyl (C=O) groups excluding carboxylic acids is 2. The van der Waals surface area contributed by atoms with Gasteiger partial charge in [0.05, 0.1) is 12.3 Å². The first-order valence-corrected chi connectivity index (χ1v) is 10.0. The molecule has 0 bridgehead atoms. The van der Waals surface area contributed by atoms with Crippen molar-refractivity contribution in [3.63, 3.8) is 0 Å². The molecular formula is C19H20N6O2S. The molecule has 0 atom stereocenters. The van der Waals surface area contributed by atoms with Gasteiger partial charge in [-0.1, -0.05) is 42.1 Å². The Kier molecular flexibility index (Phi) is 5.43. The molecule has 0 aliphatic heterocycles. The van der Waals surface area contributed by atoms with E-state index in [0.717, 1.165) is 24.2 Å². The fraction of sp³-hybridized carbons (Fsp3) is 0.263. The summed E-state index contributed by atoms with van der Waals surface area (Å²) in [5, 5.41) is 9.34. The molecule has 0 spiro atoms. The molecule has 3 N–H and O–H groups in total. The Morgan fingerprint density at radius 3 is 2.64 bits per heavy atom. The van der Waals surface area contributed by atoms with Crippen LogP contribution >= 0.6 is 11.8 Å². The number of carbonyl (C=O) groups is 2. The molecule has 1 fully saturated rings. The smallest absolute Gasteiger partial charge is 0.286 e. The zero-order valence-electron chi connectivity index (χ0n) is 15.1. The van der Waals surface area contributed by atoms with E-state index < -0.39 is 5.91 Å². The summed E-state index contributed by atoms with van der Waals surface area (Å²) >= 11 is 1.31. The molecule has 4 rings (SSSR count). The number of thioether (sulfide) groups is 1. The van der Waals surface area contributed by atoms with Crippen LogP contribution in [0.3, 0.4) is 0 Å². The number of benzene rings is 1. The summed E-state index contributed by atoms with van der Waals surface area (Å²) in [6, 6.07) is 13.5. The molecule has 0 unspecified atom stereocenters. The first-order valence-electron chi connectivity index (χ1n) is 9.03. The van der Waals surface area contributed by atoms with Crippen LogP contribution in [0.25, 0.3) is 0 Å². The fourth-order valence-corrected chi connectivity index (χ4v) is 3.54. The molecule has 9 heteroatoms. The van der Waals surface area contributed by atoms with Crippen LogP contribution in [0.5, 0.6) is 0 Å². The molecule has 2 aromatic heterocycles. The second kappa shape index (κ2) is 8.30. The van der Waals surface area contributed by atoms with Gasteiger partial charge in [-0.05, 0) is 30.5 Å². The molecule has 1 aromatic carbocycles. The minimum absolute atomic E-state index is 0.128. The predicted molar refractivity (Wildman–Crippen MR) is 105 cm³/mol. The zero-order chi connectivity index (χ0) is 19.3. The number of nitrogens with zero attached hydrogens (tertiary/aromatic N) is 3. The third-order valence-corrected chi connectivity index (χ3v) is 5.33. The van der Waals surface area contributed by atoms with Crippen LogP contribution in [-0.4, -0.2) is 37.3 Å². The lowest BCUT2D eigenvalue weighted by Crippen LogP contribution is -2.42. The summed E-state index contributed by atoms with van der Waals surface area (Å²) in [7, 11) is 0. The molecule has 1 saturated carbocycles. The lowest BCUT2D eigenvalue weighted by atomic mass is 10.2. The Labute approximate surface area is 166 Å². The van der Waals surface area contributed by atoms with E-state index in [0.29, 0.717) is 23.3 Å². The summed E-state index contributed by atoms with van der Waals surface area (Å²) < 4.78 is 2.09. The van der Waals surface area contributed by atoms with Crippen LogP contribution in [0, 0.1) is 0 Å². The van der Waals surface area contributed by atoms with Crippen molar-refractivity contribution in [1.82, 2.24) is 30.6 Å². The van der Waals surface area contributed by atoms with E-state index in [4.69, 9.17) is 0 Å². The van der Waals surface area contributed by atoms with Gasteiger partial charge in [0.15, 0.2) is 5.16 Å². The minimum atomic E-state index is -0.397. The maximum Gasteiger partial charge on any atom is 0.286 e. The molecule has 8 nitrogen and oxygen atoms in total. The summed E-state index contributed by atoms with van der Waals surface area (Å²) in [5.41, 5.74) is 6.34. The molecule has 0 saturated heterocycles. The van der Waals surface area contributed by atoms with E-state index in [1.807, 2.05) is 18.2 Å². The molecule has 144 valence electrons. The highest BCUT2D eigenvalue weighted by Crippen LogP contribution is 2.40. The molecular weight excluding hydrogens is 376 g/mol. The van der Waals surface area contributed by atoms with Gasteiger partial charge in [-0.25, -0.2) is 0 Å². The van der Waals surface area contributed by atoms with Crippen LogP contribution < -0.4 is 10.9 Å². The van der Waals surface area contributed by atoms with Crippen molar-refractivity contribution < 1.29 is 9.59 Å². The summed E-state index contributed by atoms with van der Waals surface area (Å²) in [6.07, 6.45) is 3.90. The van der Waals surface area contributed by atoms with E-state index >= 15 is 0 Å². The van der Waals surface area contributed by atoms with Gasteiger partial charge < -0.3 is 9.55 Å². The average Bonchev–Trinajstić information content (AvgIpc) is 3.25. The maximum atomic E-state index is 12.1. The molecule has 3 aromatic rings. The van der Waals surface area contributed by atoms with Crippen LogP contribution in [0.1, 0.15) is 40.6 Å². The third kappa shape index (κ3) is 4.42. The SMILES string of the molecule is O=C(CSc1nnc(C2CC2)n1Cc1ccccc1)NNC(=O)c1ccc[nH]1. The van der Waals surface area contributed by atoms with Gasteiger partial charge in [-0.15, -0.1) is 10.2 Å². The number of H-pyrrole nitrogens is 1. The number of nitrogens with one attached hydrogen (secondary N) is 3. The highest BCUT2D eigenvalue weighted by atomic mass is 32.2. The van der Waals surface area contributed by atoms with Crippen LogP contribution in [0.4, 0.5) is 0 Å². The molecule has 0 radical (unpaired) electrons. The maximum absolute atomic E-state index is 12.1. The first-order chi connectivity index (χ1) is 13.7. The number of hydrogen-bond donors (Lipinski definition) is 3. The van der Waals surface area contributed by atoms with Crippen molar-refractivity contribution in [2.24, 2.45) is 0 Å². The average molecular weight is 396 g/mol. The van der Waals surface area contributed by atoms with Crippen molar-refractivity contribution >= 4 is 23.6 Å². The number of rotatable bonds is 7. The second-order valence-electron chi connectivity index (χ2n) is 6.56. The lowest BCUT2D eigenvalue weighted by molar-refractivity contribution is -0.119. The standard InChI is InChI=1S/C19H20N6O2S/c26-16(21-23-18(27)15-7-4-10-20-15)12-28-19-24-22-17(14-8-9-14)25(19)11-13-5-2-1-3-6-13/h1-7,10,14,20H,8-9,11-12H2,(H,21,26)(H,23,27). The number of aromatic nitrogens is 4. The van der Waals surface area contributed by atoms with Crippen molar-refractivity contribution in [1.29, 1.82) is 0 Å². The van der Waals surface area contributed by atoms with Gasteiger partial charge in [0, 0.05) is 12.1 Å². The summed E-state index contributed by atoms with van der Waals surface area (Å²) in [6.45, 7) is 0.674. The van der Waals surface area contributed by atoms with Gasteiger partial charge in [0.2, 0.25) is 5.91 Å². The lowest BCUT2D eigenvalue weighted by Gasteiger charge is -2.10. The van der Waals surface area contributed by atoms with Gasteiger partial charge in [-0.3, -0.25) is 20.4 Å². The largest absolute Gasteiger partial charge is 0.357 e. The Hall–Kier alpha value is -3.07. The van der Waals surface area contributed by atoms with Crippen molar-refractivity contribution in [3.05, 3.63) is 65.7 Å². The topological polar surface area (TPSA) is 105 Å². The number of hydrazine groups is 1. The Balaban J connectivity index is 1.36. The van der Waals surface area contributed by atoms with Crippen molar-refractivity contribution in [2.75, 3.05) is 5.75 Å². The monoisotopic (exact) mass is 396 g/mol. The Morgan fingerprint density at radius 2 is 1.93 bits per heavy atom. The van der Waals surface area contributed by atoms with Gasteiger partial charge in [0.25, 0.3) is 5.91 Å². The molecule has 1 aliphatic rings. The Morgan fingerprint density at radius 1 is 1.11 bits per heavy atom. The highest BCUT2D eigenvalue weighted by Gasteiger charge is 2.30. The van der Waals surface area contributed by atoms with E-state index in [9.17, 15) is 9.59 Å². The summed E-state index contributed by atoms with van der Waals surface area (Å²) in [5.74, 6) is 0.854. The minimum Gasteiger partial charge on any atom is -0.357 e. The molecule has 28 heavy (non-hydrogen) atoms. The van der Waals surface area contributed by atoms with Gasteiger partial charge >= 0.3 is 0 Å². The third-order valence-electron chi connectivity index (χ3n) is 4.36. The van der Waals surface area contributed by atoms with Crippen LogP contribution in [0.15, 0.2) is 53.8 Å². The predicted octanol–water partition coefficient (Wildman–Crippen LogP) is 2.09. The molecule has 2 heterocycles. The first kappa shape index (κ1) is 18.3. The Bertz CT molecular complexity index is 950. The van der Waals surface area contributed by atoms with Gasteiger partial charge in [0.1, 0.15) is 11.5 Å². The van der Waals surface area contributed by atoms with E-state index in [1.54, 1.807) is 18.3 Å². The number of amides is 2. The number of hydrogen-bond acceptors (Lipinski definition) is 5. The fourth-order valence-electron chi connectivity index (χ4n) is 2.80. The van der Waals surface area contributed by atoms with Crippen molar-refractivity contribution in [3.8, 4) is 0 Å². The van der Waals surface area contributed by atoms with E-state index in [-0.39, 0.29) is 11.7 Å². The second-order valence-corrected chi connectivity index (χ2v) is 7.50. The van der Waals surface area contributed by atoms with Crippen LogP contribution in [-0.2, 0) is 11.3 Å².